The summed E-state index contributed by atoms with van der Waals surface area (Å²) in [5.41, 5.74) is 3.67. The normalized spacial score (nSPS) is 11.1. The first-order valence-corrected chi connectivity index (χ1v) is 6.64. The van der Waals surface area contributed by atoms with Crippen molar-refractivity contribution in [1.29, 1.82) is 0 Å². The predicted octanol–water partition coefficient (Wildman–Crippen LogP) is 2.86. The monoisotopic (exact) mass is 258 g/mol. The maximum Gasteiger partial charge on any atom is 0.0672 e. The van der Waals surface area contributed by atoms with Gasteiger partial charge in [0.2, 0.25) is 0 Å². The molecule has 0 spiro atoms. The molecule has 0 fully saturated rings. The Morgan fingerprint density at radius 1 is 1.37 bits per heavy atom. The topological polar surface area (TPSA) is 26.2 Å². The zero-order chi connectivity index (χ0) is 13.7. The van der Waals surface area contributed by atoms with E-state index in [0.29, 0.717) is 6.61 Å². The van der Waals surface area contributed by atoms with Crippen LogP contribution in [0.5, 0.6) is 0 Å². The van der Waals surface area contributed by atoms with Gasteiger partial charge in [0.25, 0.3) is 0 Å². The molecule has 19 heavy (non-hydrogen) atoms. The number of rotatable bonds is 7. The number of fused-ring (bicyclic) bond motifs is 1. The molecule has 1 aromatic heterocycles. The lowest BCUT2D eigenvalue weighted by atomic mass is 10.2. The Hall–Kier alpha value is -1.58. The average Bonchev–Trinajstić information content (AvgIpc) is 2.71. The summed E-state index contributed by atoms with van der Waals surface area (Å²) in [6, 6.07) is 8.48. The molecule has 0 saturated carbocycles. The molecule has 0 amide bonds. The third kappa shape index (κ3) is 3.69. The summed E-state index contributed by atoms with van der Waals surface area (Å²) < 4.78 is 7.63. The minimum absolute atomic E-state index is 0.649. The third-order valence-electron chi connectivity index (χ3n) is 3.07. The van der Waals surface area contributed by atoms with Crippen molar-refractivity contribution >= 4 is 10.9 Å². The van der Waals surface area contributed by atoms with Gasteiger partial charge in [0.05, 0.1) is 13.2 Å². The average molecular weight is 258 g/mol. The molecule has 1 N–H and O–H groups in total. The minimum Gasteiger partial charge on any atom is -0.376 e. The van der Waals surface area contributed by atoms with Gasteiger partial charge in [0.1, 0.15) is 0 Å². The second-order valence-electron chi connectivity index (χ2n) is 4.97. The first-order valence-electron chi connectivity index (χ1n) is 6.64. The van der Waals surface area contributed by atoms with Gasteiger partial charge >= 0.3 is 0 Å². The standard InChI is InChI=1S/C16H22N2O/c1-13(2)12-19-9-8-17-10-14-11-18(3)16-7-5-4-6-15(14)16/h4-7,11,17H,1,8-10,12H2,2-3H3. The Morgan fingerprint density at radius 2 is 2.16 bits per heavy atom. The molecule has 0 unspecified atom stereocenters. The van der Waals surface area contributed by atoms with E-state index in [-0.39, 0.29) is 0 Å². The van der Waals surface area contributed by atoms with E-state index in [9.17, 15) is 0 Å². The van der Waals surface area contributed by atoms with Crippen molar-refractivity contribution in [2.45, 2.75) is 13.5 Å². The van der Waals surface area contributed by atoms with Crippen LogP contribution in [0.15, 0.2) is 42.6 Å². The lowest BCUT2D eigenvalue weighted by molar-refractivity contribution is 0.158. The summed E-state index contributed by atoms with van der Waals surface area (Å²) in [5.74, 6) is 0. The van der Waals surface area contributed by atoms with Crippen molar-refractivity contribution in [2.24, 2.45) is 7.05 Å². The van der Waals surface area contributed by atoms with Crippen LogP contribution in [0.4, 0.5) is 0 Å². The van der Waals surface area contributed by atoms with Crippen LogP contribution in [0.25, 0.3) is 10.9 Å². The van der Waals surface area contributed by atoms with Gasteiger partial charge in [-0.05, 0) is 18.6 Å². The molecule has 1 aromatic carbocycles. The van der Waals surface area contributed by atoms with Crippen LogP contribution in [0.3, 0.4) is 0 Å². The van der Waals surface area contributed by atoms with Crippen molar-refractivity contribution in [2.75, 3.05) is 19.8 Å². The van der Waals surface area contributed by atoms with E-state index in [1.165, 1.54) is 16.5 Å². The maximum absolute atomic E-state index is 5.46. The van der Waals surface area contributed by atoms with Crippen LogP contribution in [0.2, 0.25) is 0 Å². The predicted molar refractivity (Wildman–Crippen MR) is 80.3 cm³/mol. The number of nitrogens with zero attached hydrogens (tertiary/aromatic N) is 1. The molecule has 3 nitrogen and oxygen atoms in total. The van der Waals surface area contributed by atoms with Crippen molar-refractivity contribution in [3.8, 4) is 0 Å². The van der Waals surface area contributed by atoms with Gasteiger partial charge in [-0.25, -0.2) is 0 Å². The third-order valence-corrected chi connectivity index (χ3v) is 3.07. The zero-order valence-electron chi connectivity index (χ0n) is 11.8. The van der Waals surface area contributed by atoms with Crippen LogP contribution < -0.4 is 5.32 Å². The van der Waals surface area contributed by atoms with Gasteiger partial charge in [-0.3, -0.25) is 0 Å². The Morgan fingerprint density at radius 3 is 2.95 bits per heavy atom. The van der Waals surface area contributed by atoms with Gasteiger partial charge in [0, 0.05) is 37.2 Å². The highest BCUT2D eigenvalue weighted by molar-refractivity contribution is 5.83. The number of aryl methyl sites for hydroxylation is 1. The van der Waals surface area contributed by atoms with Gasteiger partial charge < -0.3 is 14.6 Å². The lowest BCUT2D eigenvalue weighted by Crippen LogP contribution is -2.19. The Balaban J connectivity index is 1.83. The van der Waals surface area contributed by atoms with Crippen LogP contribution in [0, 0.1) is 0 Å². The zero-order valence-corrected chi connectivity index (χ0v) is 11.8. The summed E-state index contributed by atoms with van der Waals surface area (Å²) >= 11 is 0. The molecule has 0 saturated heterocycles. The highest BCUT2D eigenvalue weighted by Crippen LogP contribution is 2.19. The molecule has 0 aliphatic heterocycles. The maximum atomic E-state index is 5.46. The minimum atomic E-state index is 0.649. The number of benzene rings is 1. The quantitative estimate of drug-likeness (QED) is 0.610. The van der Waals surface area contributed by atoms with E-state index in [1.807, 2.05) is 6.92 Å². The van der Waals surface area contributed by atoms with Crippen LogP contribution in [-0.2, 0) is 18.3 Å². The fourth-order valence-corrected chi connectivity index (χ4v) is 2.18. The molecule has 0 atom stereocenters. The number of para-hydroxylation sites is 1. The van der Waals surface area contributed by atoms with Crippen molar-refractivity contribution in [3.63, 3.8) is 0 Å². The summed E-state index contributed by atoms with van der Waals surface area (Å²) in [6.07, 6.45) is 2.19. The summed E-state index contributed by atoms with van der Waals surface area (Å²) in [5, 5.41) is 4.73. The summed E-state index contributed by atoms with van der Waals surface area (Å²) in [6.45, 7) is 8.88. The van der Waals surface area contributed by atoms with E-state index < -0.39 is 0 Å². The van der Waals surface area contributed by atoms with Gasteiger partial charge in [-0.1, -0.05) is 30.4 Å². The van der Waals surface area contributed by atoms with Gasteiger partial charge in [-0.15, -0.1) is 0 Å². The highest BCUT2D eigenvalue weighted by atomic mass is 16.5. The van der Waals surface area contributed by atoms with E-state index in [4.69, 9.17) is 4.74 Å². The summed E-state index contributed by atoms with van der Waals surface area (Å²) in [4.78, 5) is 0. The molecular formula is C16H22N2O. The number of hydrogen-bond acceptors (Lipinski definition) is 2. The number of nitrogens with one attached hydrogen (secondary N) is 1. The fourth-order valence-electron chi connectivity index (χ4n) is 2.18. The van der Waals surface area contributed by atoms with Gasteiger partial charge in [-0.2, -0.15) is 0 Å². The fraction of sp³-hybridized carbons (Fsp3) is 0.375. The molecule has 102 valence electrons. The van der Waals surface area contributed by atoms with Crippen LogP contribution in [-0.4, -0.2) is 24.3 Å². The van der Waals surface area contributed by atoms with Crippen molar-refractivity contribution in [1.82, 2.24) is 9.88 Å². The van der Waals surface area contributed by atoms with Crippen LogP contribution >= 0.6 is 0 Å². The smallest absolute Gasteiger partial charge is 0.0672 e. The molecule has 2 rings (SSSR count). The second kappa shape index (κ2) is 6.55. The summed E-state index contributed by atoms with van der Waals surface area (Å²) in [7, 11) is 2.09. The Labute approximate surface area is 114 Å². The molecule has 0 aliphatic rings. The molecule has 0 bridgehead atoms. The highest BCUT2D eigenvalue weighted by Gasteiger charge is 2.04. The van der Waals surface area contributed by atoms with Crippen molar-refractivity contribution in [3.05, 3.63) is 48.2 Å². The Bertz CT molecular complexity index is 557. The van der Waals surface area contributed by atoms with Crippen LogP contribution in [0.1, 0.15) is 12.5 Å². The molecule has 0 radical (unpaired) electrons. The second-order valence-corrected chi connectivity index (χ2v) is 4.97. The largest absolute Gasteiger partial charge is 0.376 e. The molecule has 1 heterocycles. The molecular weight excluding hydrogens is 236 g/mol. The molecule has 0 aliphatic carbocycles. The van der Waals surface area contributed by atoms with E-state index in [2.05, 4.69) is 54.0 Å². The lowest BCUT2D eigenvalue weighted by Gasteiger charge is -2.05. The van der Waals surface area contributed by atoms with E-state index >= 15 is 0 Å². The first kappa shape index (κ1) is 13.8. The SMILES string of the molecule is C=C(C)COCCNCc1cn(C)c2ccccc12. The molecule has 2 aromatic rings. The number of ether oxygens (including phenoxy) is 1. The molecule has 3 heteroatoms. The van der Waals surface area contributed by atoms with Crippen molar-refractivity contribution < 1.29 is 4.74 Å². The van der Waals surface area contributed by atoms with Gasteiger partial charge in [0.15, 0.2) is 0 Å². The number of aromatic nitrogens is 1. The van der Waals surface area contributed by atoms with E-state index in [0.717, 1.165) is 25.3 Å². The Kier molecular flexibility index (Phi) is 4.77. The van der Waals surface area contributed by atoms with E-state index in [1.54, 1.807) is 0 Å². The first-order chi connectivity index (χ1) is 9.18. The number of hydrogen-bond donors (Lipinski definition) is 1.